The summed E-state index contributed by atoms with van der Waals surface area (Å²) < 4.78 is 8.97. The lowest BCUT2D eigenvalue weighted by Gasteiger charge is -2.05. The van der Waals surface area contributed by atoms with Crippen LogP contribution >= 0.6 is 0 Å². The predicted molar refractivity (Wildman–Crippen MR) is 68.2 cm³/mol. The summed E-state index contributed by atoms with van der Waals surface area (Å²) >= 11 is 0. The first kappa shape index (κ1) is 19.6. The van der Waals surface area contributed by atoms with E-state index in [-0.39, 0.29) is 31.1 Å². The van der Waals surface area contributed by atoms with Gasteiger partial charge in [-0.25, -0.2) is 0 Å². The minimum absolute atomic E-state index is 0.113. The van der Waals surface area contributed by atoms with Crippen LogP contribution in [0.15, 0.2) is 0 Å². The smallest absolute Gasteiger partial charge is 0.313 e. The number of rotatable bonds is 5. The molecule has 0 fully saturated rings. The van der Waals surface area contributed by atoms with Crippen LogP contribution in [0.3, 0.4) is 0 Å². The van der Waals surface area contributed by atoms with Gasteiger partial charge in [-0.2, -0.15) is 0 Å². The van der Waals surface area contributed by atoms with Gasteiger partial charge in [-0.1, -0.05) is 13.8 Å². The highest BCUT2D eigenvalue weighted by atomic mass is 16.6. The maximum atomic E-state index is 10.6. The van der Waals surface area contributed by atoms with E-state index in [9.17, 15) is 19.2 Å². The zero-order chi connectivity index (χ0) is 15.4. The molecule has 0 aliphatic rings. The third kappa shape index (κ3) is 16.3. The van der Waals surface area contributed by atoms with Crippen molar-refractivity contribution in [3.63, 3.8) is 0 Å². The highest BCUT2D eigenvalue weighted by molar-refractivity contribution is 5.94. The van der Waals surface area contributed by atoms with Crippen molar-refractivity contribution in [2.24, 2.45) is 0 Å². The fourth-order valence-corrected chi connectivity index (χ4v) is 0.779. The van der Waals surface area contributed by atoms with Gasteiger partial charge in [0.2, 0.25) is 0 Å². The lowest BCUT2D eigenvalue weighted by atomic mass is 10.3. The standard InChI is InChI=1S/C7H12O3.C6H10O3/c1-5(2)10-7(9)4-6(3)8;1-3-5(7)9-6(8)4-2/h5H,4H2,1-3H3;3-4H2,1-2H3. The minimum atomic E-state index is -0.457. The summed E-state index contributed by atoms with van der Waals surface area (Å²) in [6.07, 6.45) is 0.266. The Kier molecular flexibility index (Phi) is 11.7. The number of esters is 3. The van der Waals surface area contributed by atoms with Crippen molar-refractivity contribution < 1.29 is 28.7 Å². The van der Waals surface area contributed by atoms with Gasteiger partial charge in [0.1, 0.15) is 12.2 Å². The maximum absolute atomic E-state index is 10.6. The molecule has 0 aliphatic carbocycles. The van der Waals surface area contributed by atoms with E-state index >= 15 is 0 Å². The molecular formula is C13H22O6. The van der Waals surface area contributed by atoms with E-state index in [2.05, 4.69) is 4.74 Å². The minimum Gasteiger partial charge on any atom is -0.463 e. The Labute approximate surface area is 113 Å². The Morgan fingerprint density at radius 2 is 1.32 bits per heavy atom. The lowest BCUT2D eigenvalue weighted by molar-refractivity contribution is -0.159. The highest BCUT2D eigenvalue weighted by Crippen LogP contribution is 1.93. The molecule has 0 bridgehead atoms. The normalized spacial score (nSPS) is 9.16. The van der Waals surface area contributed by atoms with Crippen LogP contribution in [-0.2, 0) is 28.7 Å². The number of carbonyl (C=O) groups excluding carboxylic acids is 4. The van der Waals surface area contributed by atoms with Gasteiger partial charge in [0, 0.05) is 12.8 Å². The van der Waals surface area contributed by atoms with Crippen molar-refractivity contribution in [1.82, 2.24) is 0 Å². The van der Waals surface area contributed by atoms with Crippen molar-refractivity contribution >= 4 is 23.7 Å². The topological polar surface area (TPSA) is 86.7 Å². The summed E-state index contributed by atoms with van der Waals surface area (Å²) in [7, 11) is 0. The number of ketones is 1. The molecule has 19 heavy (non-hydrogen) atoms. The first-order valence-corrected chi connectivity index (χ1v) is 6.15. The number of Topliss-reactive ketones (excluding diaryl/α,β-unsaturated/α-hetero) is 1. The summed E-state index contributed by atoms with van der Waals surface area (Å²) in [6.45, 7) is 8.15. The monoisotopic (exact) mass is 274 g/mol. The summed E-state index contributed by atoms with van der Waals surface area (Å²) in [5.41, 5.74) is 0. The molecule has 0 amide bonds. The molecule has 0 aromatic carbocycles. The number of carbonyl (C=O) groups is 4. The third-order valence-electron chi connectivity index (χ3n) is 1.57. The molecule has 6 heteroatoms. The summed E-state index contributed by atoms with van der Waals surface area (Å²) in [5, 5.41) is 0. The SMILES string of the molecule is CC(=O)CC(=O)OC(C)C.CCC(=O)OC(=O)CC. The molecule has 0 aliphatic heterocycles. The number of hydrogen-bond donors (Lipinski definition) is 0. The molecule has 0 unspecified atom stereocenters. The van der Waals surface area contributed by atoms with E-state index in [0.717, 1.165) is 0 Å². The molecule has 0 heterocycles. The molecule has 0 spiro atoms. The van der Waals surface area contributed by atoms with Gasteiger partial charge in [-0.3, -0.25) is 19.2 Å². The lowest BCUT2D eigenvalue weighted by Crippen LogP contribution is -2.13. The fourth-order valence-electron chi connectivity index (χ4n) is 0.779. The molecule has 0 atom stereocenters. The van der Waals surface area contributed by atoms with E-state index in [4.69, 9.17) is 4.74 Å². The first-order chi connectivity index (χ1) is 8.72. The van der Waals surface area contributed by atoms with Gasteiger partial charge in [0.05, 0.1) is 6.10 Å². The largest absolute Gasteiger partial charge is 0.463 e. The van der Waals surface area contributed by atoms with Gasteiger partial charge in [0.25, 0.3) is 0 Å². The van der Waals surface area contributed by atoms with Crippen LogP contribution in [-0.4, -0.2) is 29.8 Å². The summed E-state index contributed by atoms with van der Waals surface area (Å²) in [5.74, 6) is -1.52. The van der Waals surface area contributed by atoms with Gasteiger partial charge in [0.15, 0.2) is 0 Å². The average molecular weight is 274 g/mol. The molecule has 0 aromatic rings. The van der Waals surface area contributed by atoms with Crippen molar-refractivity contribution in [2.45, 2.75) is 60.0 Å². The van der Waals surface area contributed by atoms with Crippen molar-refractivity contribution in [3.8, 4) is 0 Å². The Morgan fingerprint density at radius 3 is 1.58 bits per heavy atom. The molecule has 0 radical (unpaired) electrons. The van der Waals surface area contributed by atoms with Crippen LogP contribution in [0.1, 0.15) is 53.9 Å². The van der Waals surface area contributed by atoms with Crippen LogP contribution in [0, 0.1) is 0 Å². The zero-order valence-electron chi connectivity index (χ0n) is 12.1. The molecule has 0 saturated carbocycles. The highest BCUT2D eigenvalue weighted by Gasteiger charge is 2.07. The zero-order valence-corrected chi connectivity index (χ0v) is 12.1. The second kappa shape index (κ2) is 11.4. The Bertz CT molecular complexity index is 305. The average Bonchev–Trinajstić information content (AvgIpc) is 2.27. The van der Waals surface area contributed by atoms with E-state index in [1.807, 2.05) is 0 Å². The Morgan fingerprint density at radius 1 is 0.895 bits per heavy atom. The number of hydrogen-bond acceptors (Lipinski definition) is 6. The quantitative estimate of drug-likeness (QED) is 0.561. The van der Waals surface area contributed by atoms with Gasteiger partial charge < -0.3 is 9.47 Å². The van der Waals surface area contributed by atoms with E-state index in [1.54, 1.807) is 27.7 Å². The fraction of sp³-hybridized carbons (Fsp3) is 0.692. The van der Waals surface area contributed by atoms with Gasteiger partial charge >= 0.3 is 17.9 Å². The van der Waals surface area contributed by atoms with Crippen molar-refractivity contribution in [3.05, 3.63) is 0 Å². The first-order valence-electron chi connectivity index (χ1n) is 6.15. The molecule has 6 nitrogen and oxygen atoms in total. The Hall–Kier alpha value is -1.72. The van der Waals surface area contributed by atoms with Crippen LogP contribution in [0.2, 0.25) is 0 Å². The van der Waals surface area contributed by atoms with E-state index in [1.165, 1.54) is 6.92 Å². The molecule has 0 saturated heterocycles. The third-order valence-corrected chi connectivity index (χ3v) is 1.57. The van der Waals surface area contributed by atoms with E-state index in [0.29, 0.717) is 0 Å². The maximum Gasteiger partial charge on any atom is 0.313 e. The summed E-state index contributed by atoms with van der Waals surface area (Å²) in [4.78, 5) is 41.6. The second-order valence-corrected chi connectivity index (χ2v) is 3.97. The van der Waals surface area contributed by atoms with Crippen molar-refractivity contribution in [1.29, 1.82) is 0 Å². The summed E-state index contributed by atoms with van der Waals surface area (Å²) in [6, 6.07) is 0. The Balaban J connectivity index is 0. The van der Waals surface area contributed by atoms with Crippen LogP contribution in [0.25, 0.3) is 0 Å². The predicted octanol–water partition coefficient (Wildman–Crippen LogP) is 1.79. The van der Waals surface area contributed by atoms with Gasteiger partial charge in [-0.15, -0.1) is 0 Å². The molecule has 0 aromatic heterocycles. The van der Waals surface area contributed by atoms with Crippen LogP contribution in [0.5, 0.6) is 0 Å². The van der Waals surface area contributed by atoms with Gasteiger partial charge in [-0.05, 0) is 20.8 Å². The van der Waals surface area contributed by atoms with Crippen LogP contribution in [0.4, 0.5) is 0 Å². The molecular weight excluding hydrogens is 252 g/mol. The number of ether oxygens (including phenoxy) is 2. The molecule has 0 N–H and O–H groups in total. The van der Waals surface area contributed by atoms with E-state index < -0.39 is 17.9 Å². The molecule has 0 rings (SSSR count). The van der Waals surface area contributed by atoms with Crippen molar-refractivity contribution in [2.75, 3.05) is 0 Å². The molecule has 110 valence electrons. The van der Waals surface area contributed by atoms with Crippen LogP contribution < -0.4 is 0 Å². The second-order valence-electron chi connectivity index (χ2n) is 3.97.